The summed E-state index contributed by atoms with van der Waals surface area (Å²) in [5.41, 5.74) is 5.74. The van der Waals surface area contributed by atoms with Crippen molar-refractivity contribution >= 4 is 27.6 Å². The number of anilines is 2. The Morgan fingerprint density at radius 1 is 1.44 bits per heavy atom. The molecular formula is C8H10BrN7. The molecule has 2 aromatic heterocycles. The van der Waals surface area contributed by atoms with E-state index in [-0.39, 0.29) is 0 Å². The van der Waals surface area contributed by atoms with Crippen molar-refractivity contribution in [3.8, 4) is 5.95 Å². The number of halogens is 1. The third-order valence-electron chi connectivity index (χ3n) is 1.89. The van der Waals surface area contributed by atoms with E-state index in [1.165, 1.54) is 9.69 Å². The molecule has 0 bridgehead atoms. The molecule has 0 aliphatic rings. The third kappa shape index (κ3) is 1.84. The van der Waals surface area contributed by atoms with E-state index in [9.17, 15) is 0 Å². The fourth-order valence-electron chi connectivity index (χ4n) is 1.16. The molecule has 7 nitrogen and oxygen atoms in total. The fourth-order valence-corrected chi connectivity index (χ4v) is 1.62. The molecule has 2 heterocycles. The number of nitrogens with two attached hydrogens (primary N) is 2. The Morgan fingerprint density at radius 2 is 2.19 bits per heavy atom. The molecule has 0 atom stereocenters. The van der Waals surface area contributed by atoms with E-state index in [0.29, 0.717) is 22.1 Å². The molecule has 0 aromatic carbocycles. The number of aromatic nitrogens is 4. The zero-order valence-corrected chi connectivity index (χ0v) is 10.1. The summed E-state index contributed by atoms with van der Waals surface area (Å²) in [5, 5.41) is 5.38. The monoisotopic (exact) mass is 283 g/mol. The predicted molar refractivity (Wildman–Crippen MR) is 63.9 cm³/mol. The van der Waals surface area contributed by atoms with Crippen molar-refractivity contribution in [3.63, 3.8) is 0 Å². The van der Waals surface area contributed by atoms with Crippen molar-refractivity contribution in [1.29, 1.82) is 0 Å². The molecule has 0 spiro atoms. The van der Waals surface area contributed by atoms with Crippen LogP contribution >= 0.6 is 15.9 Å². The smallest absolute Gasteiger partial charge is 0.254 e. The van der Waals surface area contributed by atoms with Crippen LogP contribution in [-0.2, 0) is 0 Å². The highest BCUT2D eigenvalue weighted by molar-refractivity contribution is 9.10. The van der Waals surface area contributed by atoms with E-state index in [1.807, 2.05) is 0 Å². The molecule has 0 saturated heterocycles. The van der Waals surface area contributed by atoms with Crippen molar-refractivity contribution in [2.24, 2.45) is 5.84 Å². The predicted octanol–water partition coefficient (Wildman–Crippen LogP) is 0.317. The van der Waals surface area contributed by atoms with Gasteiger partial charge in [0.25, 0.3) is 5.95 Å². The average molecular weight is 284 g/mol. The summed E-state index contributed by atoms with van der Waals surface area (Å²) < 4.78 is 2.07. The van der Waals surface area contributed by atoms with Crippen LogP contribution in [0.2, 0.25) is 0 Å². The molecule has 0 aliphatic heterocycles. The molecule has 4 N–H and O–H groups in total. The van der Waals surface area contributed by atoms with Gasteiger partial charge in [0.1, 0.15) is 10.3 Å². The average Bonchev–Trinajstić information content (AvgIpc) is 2.74. The number of nitrogens with zero attached hydrogens (tertiary/aromatic N) is 5. The van der Waals surface area contributed by atoms with Gasteiger partial charge in [0, 0.05) is 19.4 Å². The maximum absolute atomic E-state index is 5.74. The molecule has 2 rings (SSSR count). The van der Waals surface area contributed by atoms with Gasteiger partial charge in [0.2, 0.25) is 0 Å². The van der Waals surface area contributed by atoms with Gasteiger partial charge in [-0.05, 0) is 22.0 Å². The van der Waals surface area contributed by atoms with Crippen molar-refractivity contribution in [2.45, 2.75) is 0 Å². The van der Waals surface area contributed by atoms with Gasteiger partial charge in [-0.15, -0.1) is 0 Å². The van der Waals surface area contributed by atoms with Crippen LogP contribution in [0.5, 0.6) is 0 Å². The van der Waals surface area contributed by atoms with Crippen LogP contribution in [0.3, 0.4) is 0 Å². The Labute approximate surface area is 100 Å². The van der Waals surface area contributed by atoms with Gasteiger partial charge in [0.05, 0.1) is 0 Å². The summed E-state index contributed by atoms with van der Waals surface area (Å²) in [5.74, 6) is 6.82. The van der Waals surface area contributed by atoms with Gasteiger partial charge < -0.3 is 5.73 Å². The molecule has 2 aromatic rings. The van der Waals surface area contributed by atoms with E-state index < -0.39 is 0 Å². The van der Waals surface area contributed by atoms with Gasteiger partial charge in [0.15, 0.2) is 5.82 Å². The van der Waals surface area contributed by atoms with Crippen molar-refractivity contribution < 1.29 is 0 Å². The highest BCUT2D eigenvalue weighted by atomic mass is 79.9. The van der Waals surface area contributed by atoms with E-state index in [2.05, 4.69) is 31.0 Å². The SMILES string of the molecule is CN(N)c1nc(-n2cccn2)nc(N)c1Br. The van der Waals surface area contributed by atoms with Crippen molar-refractivity contribution in [3.05, 3.63) is 22.9 Å². The highest BCUT2D eigenvalue weighted by Crippen LogP contribution is 2.27. The largest absolute Gasteiger partial charge is 0.383 e. The lowest BCUT2D eigenvalue weighted by Gasteiger charge is -2.14. The molecule has 0 fully saturated rings. The molecule has 0 saturated carbocycles. The molecular weight excluding hydrogens is 274 g/mol. The quantitative estimate of drug-likeness (QED) is 0.608. The standard InChI is InChI=1S/C8H10BrN7/c1-15(11)7-5(9)6(10)13-8(14-7)16-4-2-3-12-16/h2-4H,11H2,1H3,(H2,10,13,14). The van der Waals surface area contributed by atoms with E-state index in [4.69, 9.17) is 11.6 Å². The molecule has 16 heavy (non-hydrogen) atoms. The second-order valence-corrected chi connectivity index (χ2v) is 3.90. The lowest BCUT2D eigenvalue weighted by Crippen LogP contribution is -2.27. The molecule has 84 valence electrons. The first-order valence-corrected chi connectivity index (χ1v) is 5.20. The minimum atomic E-state index is 0.313. The summed E-state index contributed by atoms with van der Waals surface area (Å²) in [7, 11) is 1.67. The Bertz CT molecular complexity index is 493. The van der Waals surface area contributed by atoms with Crippen LogP contribution in [0, 0.1) is 0 Å². The topological polar surface area (TPSA) is 98.9 Å². The number of hydrogen-bond acceptors (Lipinski definition) is 6. The first kappa shape index (κ1) is 10.8. The normalized spacial score (nSPS) is 10.4. The highest BCUT2D eigenvalue weighted by Gasteiger charge is 2.13. The van der Waals surface area contributed by atoms with Crippen LogP contribution in [0.1, 0.15) is 0 Å². The molecule has 0 radical (unpaired) electrons. The van der Waals surface area contributed by atoms with Crippen LogP contribution in [0.15, 0.2) is 22.9 Å². The summed E-state index contributed by atoms with van der Waals surface area (Å²) in [6.45, 7) is 0. The number of rotatable bonds is 2. The Balaban J connectivity index is 2.57. The second kappa shape index (κ2) is 4.06. The lowest BCUT2D eigenvalue weighted by molar-refractivity contribution is 0.800. The van der Waals surface area contributed by atoms with Gasteiger partial charge in [-0.1, -0.05) is 0 Å². The second-order valence-electron chi connectivity index (χ2n) is 3.11. The van der Waals surface area contributed by atoms with E-state index in [0.717, 1.165) is 0 Å². The maximum Gasteiger partial charge on any atom is 0.254 e. The Morgan fingerprint density at radius 3 is 2.75 bits per heavy atom. The summed E-state index contributed by atoms with van der Waals surface area (Å²) in [6.07, 6.45) is 3.36. The third-order valence-corrected chi connectivity index (χ3v) is 2.65. The van der Waals surface area contributed by atoms with Crippen LogP contribution in [-0.4, -0.2) is 26.8 Å². The zero-order valence-electron chi connectivity index (χ0n) is 8.50. The van der Waals surface area contributed by atoms with Crippen LogP contribution in [0.25, 0.3) is 5.95 Å². The Kier molecular flexibility index (Phi) is 2.75. The summed E-state index contributed by atoms with van der Waals surface area (Å²) in [4.78, 5) is 8.33. The molecule has 0 amide bonds. The Hall–Kier alpha value is -1.67. The molecule has 0 aliphatic carbocycles. The van der Waals surface area contributed by atoms with E-state index >= 15 is 0 Å². The first-order valence-electron chi connectivity index (χ1n) is 4.41. The molecule has 8 heteroatoms. The first-order chi connectivity index (χ1) is 7.59. The molecule has 0 unspecified atom stereocenters. The minimum Gasteiger partial charge on any atom is -0.383 e. The van der Waals surface area contributed by atoms with Crippen LogP contribution < -0.4 is 16.6 Å². The van der Waals surface area contributed by atoms with Crippen LogP contribution in [0.4, 0.5) is 11.6 Å². The van der Waals surface area contributed by atoms with Gasteiger partial charge >= 0.3 is 0 Å². The zero-order chi connectivity index (χ0) is 11.7. The number of hydrazine groups is 1. The minimum absolute atomic E-state index is 0.313. The van der Waals surface area contributed by atoms with E-state index in [1.54, 1.807) is 25.5 Å². The van der Waals surface area contributed by atoms with Crippen molar-refractivity contribution in [1.82, 2.24) is 19.7 Å². The fraction of sp³-hybridized carbons (Fsp3) is 0.125. The van der Waals surface area contributed by atoms with Gasteiger partial charge in [-0.25, -0.2) is 10.5 Å². The number of hydrogen-bond donors (Lipinski definition) is 2. The van der Waals surface area contributed by atoms with Crippen molar-refractivity contribution in [2.75, 3.05) is 17.8 Å². The van der Waals surface area contributed by atoms with Gasteiger partial charge in [-0.2, -0.15) is 15.1 Å². The summed E-state index contributed by atoms with van der Waals surface area (Å²) in [6, 6.07) is 1.77. The maximum atomic E-state index is 5.74. The van der Waals surface area contributed by atoms with Gasteiger partial charge in [-0.3, -0.25) is 5.01 Å². The lowest BCUT2D eigenvalue weighted by atomic mass is 10.5. The summed E-state index contributed by atoms with van der Waals surface area (Å²) >= 11 is 3.28. The number of nitrogen functional groups attached to an aromatic ring is 1.